The van der Waals surface area contributed by atoms with Crippen LogP contribution in [0.15, 0.2) is 66.7 Å². The molecule has 2 heterocycles. The maximum Gasteiger partial charge on any atom is 0.175 e. The molecule has 4 rings (SSSR count). The summed E-state index contributed by atoms with van der Waals surface area (Å²) in [7, 11) is 0. The van der Waals surface area contributed by atoms with Gasteiger partial charge in [-0.1, -0.05) is 72.3 Å². The van der Waals surface area contributed by atoms with Gasteiger partial charge < -0.3 is 0 Å². The highest BCUT2D eigenvalue weighted by atomic mass is 35.5. The van der Waals surface area contributed by atoms with E-state index >= 15 is 0 Å². The van der Waals surface area contributed by atoms with Crippen LogP contribution in [0.3, 0.4) is 0 Å². The average Bonchev–Trinajstić information content (AvgIpc) is 2.90. The third-order valence-electron chi connectivity index (χ3n) is 3.83. The summed E-state index contributed by atoms with van der Waals surface area (Å²) < 4.78 is 1.82. The first-order chi connectivity index (χ1) is 11.2. The van der Waals surface area contributed by atoms with E-state index in [9.17, 15) is 0 Å². The van der Waals surface area contributed by atoms with Gasteiger partial charge in [0.15, 0.2) is 5.65 Å². The van der Waals surface area contributed by atoms with Gasteiger partial charge in [0.25, 0.3) is 0 Å². The Bertz CT molecular complexity index is 976. The van der Waals surface area contributed by atoms with Crippen molar-refractivity contribution < 1.29 is 0 Å². The molecule has 0 amide bonds. The maximum absolute atomic E-state index is 6.41. The average molecular weight is 320 g/mol. The molecule has 0 N–H and O–H groups in total. The van der Waals surface area contributed by atoms with Gasteiger partial charge in [-0.3, -0.25) is 0 Å². The number of nitrogens with zero attached hydrogens (tertiary/aromatic N) is 3. The predicted molar refractivity (Wildman–Crippen MR) is 93.6 cm³/mol. The molecular formula is C19H14ClN3. The van der Waals surface area contributed by atoms with Crippen molar-refractivity contribution in [3.05, 3.63) is 77.4 Å². The molecule has 23 heavy (non-hydrogen) atoms. The van der Waals surface area contributed by atoms with Crippen molar-refractivity contribution in [2.45, 2.75) is 6.92 Å². The Morgan fingerprint density at radius 1 is 0.870 bits per heavy atom. The third kappa shape index (κ3) is 2.39. The van der Waals surface area contributed by atoms with Gasteiger partial charge in [-0.15, -0.1) is 0 Å². The van der Waals surface area contributed by atoms with Gasteiger partial charge in [0.2, 0.25) is 0 Å². The van der Waals surface area contributed by atoms with Crippen LogP contribution in [0.25, 0.3) is 28.2 Å². The number of fused-ring (bicyclic) bond motifs is 1. The molecule has 4 aromatic rings. The third-order valence-corrected chi connectivity index (χ3v) is 4.27. The zero-order valence-electron chi connectivity index (χ0n) is 12.6. The van der Waals surface area contributed by atoms with Crippen LogP contribution in [0.4, 0.5) is 0 Å². The van der Waals surface area contributed by atoms with Crippen molar-refractivity contribution >= 4 is 17.2 Å². The van der Waals surface area contributed by atoms with Crippen molar-refractivity contribution in [1.29, 1.82) is 0 Å². The Labute approximate surface area is 139 Å². The lowest BCUT2D eigenvalue weighted by Gasteiger charge is -2.08. The van der Waals surface area contributed by atoms with Crippen LogP contribution < -0.4 is 0 Å². The monoisotopic (exact) mass is 319 g/mol. The molecule has 0 aliphatic rings. The minimum Gasteiger partial charge on any atom is -0.227 e. The summed E-state index contributed by atoms with van der Waals surface area (Å²) in [5.41, 5.74) is 5.47. The first-order valence-electron chi connectivity index (χ1n) is 7.41. The van der Waals surface area contributed by atoms with Gasteiger partial charge in [-0.2, -0.15) is 5.10 Å². The number of aromatic nitrogens is 3. The summed E-state index contributed by atoms with van der Waals surface area (Å²) in [6.45, 7) is 1.90. The Kier molecular flexibility index (Phi) is 3.36. The van der Waals surface area contributed by atoms with Gasteiger partial charge in [0.05, 0.1) is 17.1 Å². The quantitative estimate of drug-likeness (QED) is 0.519. The van der Waals surface area contributed by atoms with E-state index < -0.39 is 0 Å². The topological polar surface area (TPSA) is 30.2 Å². The normalized spacial score (nSPS) is 11.0. The lowest BCUT2D eigenvalue weighted by Crippen LogP contribution is -1.98. The van der Waals surface area contributed by atoms with E-state index in [-0.39, 0.29) is 0 Å². The van der Waals surface area contributed by atoms with Crippen LogP contribution in [0, 0.1) is 6.92 Å². The van der Waals surface area contributed by atoms with E-state index in [1.165, 1.54) is 0 Å². The van der Waals surface area contributed by atoms with Crippen LogP contribution in [0.1, 0.15) is 5.69 Å². The predicted octanol–water partition coefficient (Wildman–Crippen LogP) is 5.03. The first-order valence-corrected chi connectivity index (χ1v) is 7.78. The standard InChI is InChI=1S/C19H14ClN3/c1-13-18(20)19-21-16(14-8-4-2-5-9-14)12-17(23(19)22-13)15-10-6-3-7-11-15/h2-12H,1H3. The van der Waals surface area contributed by atoms with Crippen LogP contribution in [-0.2, 0) is 0 Å². The number of hydrogen-bond acceptors (Lipinski definition) is 2. The number of hydrogen-bond donors (Lipinski definition) is 0. The van der Waals surface area contributed by atoms with Gasteiger partial charge in [-0.05, 0) is 13.0 Å². The Balaban J connectivity index is 2.06. The highest BCUT2D eigenvalue weighted by Crippen LogP contribution is 2.30. The summed E-state index contributed by atoms with van der Waals surface area (Å²) >= 11 is 6.41. The summed E-state index contributed by atoms with van der Waals surface area (Å²) in [6, 6.07) is 22.3. The van der Waals surface area contributed by atoms with E-state index in [4.69, 9.17) is 16.6 Å². The summed E-state index contributed by atoms with van der Waals surface area (Å²) in [4.78, 5) is 4.72. The van der Waals surface area contributed by atoms with Crippen LogP contribution >= 0.6 is 11.6 Å². The molecule has 0 fully saturated rings. The van der Waals surface area contributed by atoms with Crippen LogP contribution in [0.5, 0.6) is 0 Å². The van der Waals surface area contributed by atoms with Crippen molar-refractivity contribution in [2.75, 3.05) is 0 Å². The highest BCUT2D eigenvalue weighted by molar-refractivity contribution is 6.34. The second-order valence-electron chi connectivity index (χ2n) is 5.39. The molecule has 0 spiro atoms. The Morgan fingerprint density at radius 2 is 1.48 bits per heavy atom. The fraction of sp³-hybridized carbons (Fsp3) is 0.0526. The van der Waals surface area contributed by atoms with Crippen molar-refractivity contribution in [3.63, 3.8) is 0 Å². The largest absolute Gasteiger partial charge is 0.227 e. The van der Waals surface area contributed by atoms with Crippen molar-refractivity contribution in [2.24, 2.45) is 0 Å². The van der Waals surface area contributed by atoms with Gasteiger partial charge in [0.1, 0.15) is 5.02 Å². The first kappa shape index (κ1) is 14.0. The molecule has 0 atom stereocenters. The summed E-state index contributed by atoms with van der Waals surface area (Å²) in [5, 5.41) is 5.14. The summed E-state index contributed by atoms with van der Waals surface area (Å²) in [6.07, 6.45) is 0. The van der Waals surface area contributed by atoms with E-state index in [0.29, 0.717) is 10.7 Å². The molecule has 0 saturated carbocycles. The van der Waals surface area contributed by atoms with Crippen molar-refractivity contribution in [1.82, 2.24) is 14.6 Å². The Morgan fingerprint density at radius 3 is 2.13 bits per heavy atom. The smallest absolute Gasteiger partial charge is 0.175 e. The van der Waals surface area contributed by atoms with Crippen LogP contribution in [-0.4, -0.2) is 14.6 Å². The molecule has 0 bridgehead atoms. The molecule has 3 nitrogen and oxygen atoms in total. The highest BCUT2D eigenvalue weighted by Gasteiger charge is 2.15. The molecule has 0 aliphatic heterocycles. The molecule has 0 saturated heterocycles. The number of rotatable bonds is 2. The van der Waals surface area contributed by atoms with Gasteiger partial charge in [0, 0.05) is 11.1 Å². The van der Waals surface area contributed by atoms with Gasteiger partial charge >= 0.3 is 0 Å². The minimum atomic E-state index is 0.597. The molecule has 2 aromatic carbocycles. The SMILES string of the molecule is Cc1nn2c(-c3ccccc3)cc(-c3ccccc3)nc2c1Cl. The minimum absolute atomic E-state index is 0.597. The zero-order valence-corrected chi connectivity index (χ0v) is 13.3. The maximum atomic E-state index is 6.41. The van der Waals surface area contributed by atoms with E-state index in [2.05, 4.69) is 23.3 Å². The number of halogens is 1. The van der Waals surface area contributed by atoms with Gasteiger partial charge in [-0.25, -0.2) is 9.50 Å². The van der Waals surface area contributed by atoms with Crippen molar-refractivity contribution in [3.8, 4) is 22.5 Å². The summed E-state index contributed by atoms with van der Waals surface area (Å²) in [5.74, 6) is 0. The molecule has 0 aliphatic carbocycles. The number of aryl methyl sites for hydroxylation is 1. The molecule has 0 radical (unpaired) electrons. The fourth-order valence-corrected chi connectivity index (χ4v) is 2.83. The molecule has 0 unspecified atom stereocenters. The molecule has 112 valence electrons. The fourth-order valence-electron chi connectivity index (χ4n) is 2.67. The zero-order chi connectivity index (χ0) is 15.8. The molecular weight excluding hydrogens is 306 g/mol. The van der Waals surface area contributed by atoms with E-state index in [1.807, 2.05) is 60.0 Å². The van der Waals surface area contributed by atoms with Crippen LogP contribution in [0.2, 0.25) is 5.02 Å². The van der Waals surface area contributed by atoms with E-state index in [1.54, 1.807) is 0 Å². The second-order valence-corrected chi connectivity index (χ2v) is 5.77. The lowest BCUT2D eigenvalue weighted by molar-refractivity contribution is 0.926. The Hall–Kier alpha value is -2.65. The molecule has 2 aromatic heterocycles. The number of benzene rings is 2. The molecule has 4 heteroatoms. The second kappa shape index (κ2) is 5.52. The van der Waals surface area contributed by atoms with E-state index in [0.717, 1.165) is 28.2 Å². The lowest BCUT2D eigenvalue weighted by atomic mass is 10.1.